The molecule has 0 N–H and O–H groups in total. The summed E-state index contributed by atoms with van der Waals surface area (Å²) < 4.78 is 10.9. The molecular weight excluding hydrogens is 278 g/mol. The highest BCUT2D eigenvalue weighted by atomic mass is 16.6. The van der Waals surface area contributed by atoms with Crippen LogP contribution < -0.4 is 4.74 Å². The first-order valence-corrected chi connectivity index (χ1v) is 8.40. The van der Waals surface area contributed by atoms with Crippen LogP contribution in [-0.4, -0.2) is 43.2 Å². The van der Waals surface area contributed by atoms with Crippen LogP contribution in [0.2, 0.25) is 0 Å². The fraction of sp³-hybridized carbons (Fsp3) is 0.611. The Morgan fingerprint density at radius 2 is 1.91 bits per heavy atom. The van der Waals surface area contributed by atoms with Crippen molar-refractivity contribution in [2.24, 2.45) is 5.92 Å². The Labute approximate surface area is 132 Å². The lowest BCUT2D eigenvalue weighted by molar-refractivity contribution is -0.149. The van der Waals surface area contributed by atoms with Gasteiger partial charge in [-0.2, -0.15) is 0 Å². The predicted octanol–water partition coefficient (Wildman–Crippen LogP) is 2.87. The molecule has 0 aliphatic carbocycles. The highest BCUT2D eigenvalue weighted by Crippen LogP contribution is 2.30. The molecule has 0 saturated carbocycles. The van der Waals surface area contributed by atoms with Gasteiger partial charge in [0.2, 0.25) is 0 Å². The van der Waals surface area contributed by atoms with Gasteiger partial charge in [0.25, 0.3) is 0 Å². The second-order valence-electron chi connectivity index (χ2n) is 6.29. The van der Waals surface area contributed by atoms with Crippen LogP contribution >= 0.6 is 0 Å². The number of para-hydroxylation sites is 1. The van der Waals surface area contributed by atoms with E-state index in [-0.39, 0.29) is 12.6 Å². The van der Waals surface area contributed by atoms with E-state index < -0.39 is 0 Å². The van der Waals surface area contributed by atoms with Crippen LogP contribution in [0.3, 0.4) is 0 Å². The van der Waals surface area contributed by atoms with Crippen LogP contribution in [0.15, 0.2) is 30.3 Å². The van der Waals surface area contributed by atoms with Crippen LogP contribution in [0.5, 0.6) is 5.75 Å². The molecule has 0 unspecified atom stereocenters. The van der Waals surface area contributed by atoms with Crippen molar-refractivity contribution >= 4 is 5.97 Å². The van der Waals surface area contributed by atoms with Gasteiger partial charge in [-0.1, -0.05) is 24.6 Å². The summed E-state index contributed by atoms with van der Waals surface area (Å²) in [6.45, 7) is 2.96. The SMILES string of the molecule is O=C(COc1ccccc1)OC[C@@H]1CCCN2CCCC[C@H]12. The van der Waals surface area contributed by atoms with E-state index >= 15 is 0 Å². The number of piperidine rings is 2. The summed E-state index contributed by atoms with van der Waals surface area (Å²) in [5.74, 6) is 0.932. The predicted molar refractivity (Wildman–Crippen MR) is 84.8 cm³/mol. The number of rotatable bonds is 5. The lowest BCUT2D eigenvalue weighted by atomic mass is 9.84. The third-order valence-electron chi connectivity index (χ3n) is 4.79. The van der Waals surface area contributed by atoms with E-state index in [1.165, 1.54) is 45.2 Å². The molecule has 0 aromatic heterocycles. The molecule has 2 aliphatic heterocycles. The van der Waals surface area contributed by atoms with E-state index in [1.54, 1.807) is 0 Å². The Balaban J connectivity index is 1.42. The number of benzene rings is 1. The number of carbonyl (C=O) groups is 1. The molecule has 4 nitrogen and oxygen atoms in total. The number of nitrogens with zero attached hydrogens (tertiary/aromatic N) is 1. The number of esters is 1. The van der Waals surface area contributed by atoms with Crippen molar-refractivity contribution < 1.29 is 14.3 Å². The maximum atomic E-state index is 11.9. The van der Waals surface area contributed by atoms with Crippen molar-refractivity contribution in [3.8, 4) is 5.75 Å². The summed E-state index contributed by atoms with van der Waals surface area (Å²) in [6.07, 6.45) is 6.27. The third-order valence-corrected chi connectivity index (χ3v) is 4.79. The van der Waals surface area contributed by atoms with Crippen LogP contribution in [0.1, 0.15) is 32.1 Å². The zero-order chi connectivity index (χ0) is 15.2. The molecule has 0 bridgehead atoms. The Bertz CT molecular complexity index is 474. The zero-order valence-corrected chi connectivity index (χ0v) is 13.1. The molecule has 2 atom stereocenters. The molecule has 2 fully saturated rings. The number of ether oxygens (including phenoxy) is 2. The van der Waals surface area contributed by atoms with Gasteiger partial charge in [0.05, 0.1) is 6.61 Å². The maximum Gasteiger partial charge on any atom is 0.344 e. The van der Waals surface area contributed by atoms with Gasteiger partial charge in [0, 0.05) is 12.0 Å². The second-order valence-corrected chi connectivity index (χ2v) is 6.29. The second kappa shape index (κ2) is 7.63. The van der Waals surface area contributed by atoms with Crippen LogP contribution in [0.4, 0.5) is 0 Å². The van der Waals surface area contributed by atoms with Gasteiger partial charge in [-0.05, 0) is 50.9 Å². The van der Waals surface area contributed by atoms with Crippen molar-refractivity contribution in [1.29, 1.82) is 0 Å². The van der Waals surface area contributed by atoms with Gasteiger partial charge < -0.3 is 9.47 Å². The summed E-state index contributed by atoms with van der Waals surface area (Å²) >= 11 is 0. The smallest absolute Gasteiger partial charge is 0.344 e. The molecule has 2 heterocycles. The summed E-state index contributed by atoms with van der Waals surface area (Å²) in [7, 11) is 0. The molecule has 22 heavy (non-hydrogen) atoms. The molecular formula is C18H25NO3. The zero-order valence-electron chi connectivity index (χ0n) is 13.1. The van der Waals surface area contributed by atoms with E-state index in [4.69, 9.17) is 9.47 Å². The highest BCUT2D eigenvalue weighted by Gasteiger charge is 2.33. The largest absolute Gasteiger partial charge is 0.482 e. The molecule has 0 radical (unpaired) electrons. The van der Waals surface area contributed by atoms with Crippen molar-refractivity contribution in [1.82, 2.24) is 4.90 Å². The van der Waals surface area contributed by atoms with Crippen molar-refractivity contribution in [2.75, 3.05) is 26.3 Å². The molecule has 0 amide bonds. The Hall–Kier alpha value is -1.55. The monoisotopic (exact) mass is 303 g/mol. The molecule has 120 valence electrons. The van der Waals surface area contributed by atoms with Gasteiger partial charge in [-0.25, -0.2) is 4.79 Å². The summed E-state index contributed by atoms with van der Waals surface area (Å²) in [5.41, 5.74) is 0. The lowest BCUT2D eigenvalue weighted by Gasteiger charge is -2.44. The first-order valence-electron chi connectivity index (χ1n) is 8.40. The van der Waals surface area contributed by atoms with Crippen molar-refractivity contribution in [2.45, 2.75) is 38.1 Å². The van der Waals surface area contributed by atoms with Gasteiger partial charge in [0.1, 0.15) is 5.75 Å². The van der Waals surface area contributed by atoms with E-state index in [0.717, 1.165) is 0 Å². The number of hydrogen-bond acceptors (Lipinski definition) is 4. The molecule has 3 rings (SSSR count). The minimum atomic E-state index is -0.267. The standard InChI is InChI=1S/C18H25NO3/c20-18(14-21-16-8-2-1-3-9-16)22-13-15-7-6-12-19-11-5-4-10-17(15)19/h1-3,8-9,15,17H,4-7,10-14H2/t15-,17+/m0/s1. The van der Waals surface area contributed by atoms with E-state index in [0.29, 0.717) is 24.3 Å². The Morgan fingerprint density at radius 1 is 1.09 bits per heavy atom. The quantitative estimate of drug-likeness (QED) is 0.784. The number of hydrogen-bond donors (Lipinski definition) is 0. The average molecular weight is 303 g/mol. The van der Waals surface area contributed by atoms with E-state index in [9.17, 15) is 4.79 Å². The first-order chi connectivity index (χ1) is 10.8. The molecule has 4 heteroatoms. The summed E-state index contributed by atoms with van der Waals surface area (Å²) in [5, 5.41) is 0. The Morgan fingerprint density at radius 3 is 2.77 bits per heavy atom. The fourth-order valence-corrected chi connectivity index (χ4v) is 3.67. The van der Waals surface area contributed by atoms with Gasteiger partial charge in [-0.15, -0.1) is 0 Å². The van der Waals surface area contributed by atoms with Gasteiger partial charge in [0.15, 0.2) is 6.61 Å². The lowest BCUT2D eigenvalue weighted by Crippen LogP contribution is -2.49. The molecule has 1 aromatic carbocycles. The van der Waals surface area contributed by atoms with Crippen molar-refractivity contribution in [3.63, 3.8) is 0 Å². The number of carbonyl (C=O) groups excluding carboxylic acids is 1. The van der Waals surface area contributed by atoms with Crippen LogP contribution in [0.25, 0.3) is 0 Å². The average Bonchev–Trinajstić information content (AvgIpc) is 2.59. The van der Waals surface area contributed by atoms with Crippen molar-refractivity contribution in [3.05, 3.63) is 30.3 Å². The van der Waals surface area contributed by atoms with Crippen LogP contribution in [0, 0.1) is 5.92 Å². The Kier molecular flexibility index (Phi) is 5.33. The topological polar surface area (TPSA) is 38.8 Å². The fourth-order valence-electron chi connectivity index (χ4n) is 3.67. The minimum Gasteiger partial charge on any atom is -0.482 e. The van der Waals surface area contributed by atoms with Crippen LogP contribution in [-0.2, 0) is 9.53 Å². The molecule has 2 aliphatic rings. The number of fused-ring (bicyclic) bond motifs is 1. The maximum absolute atomic E-state index is 11.9. The summed E-state index contributed by atoms with van der Waals surface area (Å²) in [4.78, 5) is 14.4. The molecule has 2 saturated heterocycles. The van der Waals surface area contributed by atoms with E-state index in [1.807, 2.05) is 30.3 Å². The molecule has 1 aromatic rings. The highest BCUT2D eigenvalue weighted by molar-refractivity contribution is 5.71. The third kappa shape index (κ3) is 4.01. The van der Waals surface area contributed by atoms with E-state index in [2.05, 4.69) is 4.90 Å². The summed E-state index contributed by atoms with van der Waals surface area (Å²) in [6, 6.07) is 10.00. The minimum absolute atomic E-state index is 0.00882. The molecule has 0 spiro atoms. The van der Waals surface area contributed by atoms with Gasteiger partial charge in [-0.3, -0.25) is 4.90 Å². The normalized spacial score (nSPS) is 25.3. The first kappa shape index (κ1) is 15.3. The van der Waals surface area contributed by atoms with Gasteiger partial charge >= 0.3 is 5.97 Å².